The molecule has 72 valence electrons. The van der Waals surface area contributed by atoms with Crippen molar-refractivity contribution in [2.45, 2.75) is 19.4 Å². The van der Waals surface area contributed by atoms with Crippen LogP contribution in [0, 0.1) is 12.7 Å². The molecule has 0 heterocycles. The fraction of sp³-hybridized carbons (Fsp3) is 0.400. The van der Waals surface area contributed by atoms with Gasteiger partial charge in [0.25, 0.3) is 0 Å². The lowest BCUT2D eigenvalue weighted by molar-refractivity contribution is 0.275. The topological polar surface area (TPSA) is 46.2 Å². The molecule has 0 aliphatic heterocycles. The van der Waals surface area contributed by atoms with E-state index in [0.717, 1.165) is 5.56 Å². The zero-order chi connectivity index (χ0) is 9.84. The standard InChI is InChI=1S/C10H14FNO/c1-7-2-3-8(9(11)6-7)10(12)4-5-13/h2-3,6,10,13H,4-5,12H2,1H3/t10-/m0/s1. The minimum atomic E-state index is -0.411. The number of aryl methyl sites for hydroxylation is 1. The Hall–Kier alpha value is -0.930. The highest BCUT2D eigenvalue weighted by Gasteiger charge is 2.10. The van der Waals surface area contributed by atoms with Crippen molar-refractivity contribution in [1.82, 2.24) is 0 Å². The van der Waals surface area contributed by atoms with Crippen LogP contribution in [0.5, 0.6) is 0 Å². The second kappa shape index (κ2) is 4.35. The number of nitrogens with two attached hydrogens (primary N) is 1. The van der Waals surface area contributed by atoms with Gasteiger partial charge in [-0.2, -0.15) is 0 Å². The normalized spacial score (nSPS) is 12.9. The van der Waals surface area contributed by atoms with Gasteiger partial charge in [0, 0.05) is 18.2 Å². The first-order valence-corrected chi connectivity index (χ1v) is 4.27. The van der Waals surface area contributed by atoms with E-state index >= 15 is 0 Å². The van der Waals surface area contributed by atoms with Crippen molar-refractivity contribution in [1.29, 1.82) is 0 Å². The summed E-state index contributed by atoms with van der Waals surface area (Å²) in [7, 11) is 0. The molecule has 0 saturated carbocycles. The van der Waals surface area contributed by atoms with Gasteiger partial charge in [-0.1, -0.05) is 12.1 Å². The molecule has 1 aromatic rings. The molecule has 0 aromatic heterocycles. The van der Waals surface area contributed by atoms with Gasteiger partial charge in [-0.15, -0.1) is 0 Å². The van der Waals surface area contributed by atoms with E-state index in [4.69, 9.17) is 10.8 Å². The van der Waals surface area contributed by atoms with Crippen LogP contribution in [-0.2, 0) is 0 Å². The molecule has 2 nitrogen and oxygen atoms in total. The average molecular weight is 183 g/mol. The molecule has 1 rings (SSSR count). The van der Waals surface area contributed by atoms with E-state index in [1.807, 2.05) is 13.0 Å². The van der Waals surface area contributed by atoms with E-state index in [1.54, 1.807) is 6.07 Å². The average Bonchev–Trinajstić information content (AvgIpc) is 2.04. The van der Waals surface area contributed by atoms with Crippen molar-refractivity contribution in [3.63, 3.8) is 0 Å². The van der Waals surface area contributed by atoms with Crippen LogP contribution in [0.4, 0.5) is 4.39 Å². The van der Waals surface area contributed by atoms with Gasteiger partial charge in [0.05, 0.1) is 0 Å². The molecule has 0 aliphatic rings. The number of aliphatic hydroxyl groups is 1. The Bertz CT molecular complexity index is 288. The lowest BCUT2D eigenvalue weighted by Crippen LogP contribution is -2.13. The Balaban J connectivity index is 2.88. The van der Waals surface area contributed by atoms with Crippen LogP contribution in [0.3, 0.4) is 0 Å². The predicted molar refractivity (Wildman–Crippen MR) is 49.8 cm³/mol. The number of aliphatic hydroxyl groups excluding tert-OH is 1. The lowest BCUT2D eigenvalue weighted by Gasteiger charge is -2.11. The minimum Gasteiger partial charge on any atom is -0.396 e. The van der Waals surface area contributed by atoms with Gasteiger partial charge in [-0.25, -0.2) is 4.39 Å². The van der Waals surface area contributed by atoms with E-state index in [2.05, 4.69) is 0 Å². The number of rotatable bonds is 3. The van der Waals surface area contributed by atoms with Crippen LogP contribution >= 0.6 is 0 Å². The van der Waals surface area contributed by atoms with Crippen LogP contribution in [0.15, 0.2) is 18.2 Å². The highest BCUT2D eigenvalue weighted by atomic mass is 19.1. The number of benzene rings is 1. The van der Waals surface area contributed by atoms with E-state index in [-0.39, 0.29) is 12.4 Å². The summed E-state index contributed by atoms with van der Waals surface area (Å²) in [6, 6.07) is 4.53. The van der Waals surface area contributed by atoms with Gasteiger partial charge in [0.2, 0.25) is 0 Å². The summed E-state index contributed by atoms with van der Waals surface area (Å²) >= 11 is 0. The van der Waals surface area contributed by atoms with Crippen LogP contribution in [0.25, 0.3) is 0 Å². The Morgan fingerprint density at radius 2 is 2.23 bits per heavy atom. The molecule has 0 saturated heterocycles. The predicted octanol–water partition coefficient (Wildman–Crippen LogP) is 1.52. The van der Waals surface area contributed by atoms with Gasteiger partial charge in [-0.05, 0) is 25.0 Å². The Kier molecular flexibility index (Phi) is 3.39. The molecular weight excluding hydrogens is 169 g/mol. The fourth-order valence-corrected chi connectivity index (χ4v) is 1.23. The third-order valence-corrected chi connectivity index (χ3v) is 2.00. The SMILES string of the molecule is Cc1ccc([C@@H](N)CCO)c(F)c1. The van der Waals surface area contributed by atoms with Crippen molar-refractivity contribution in [3.05, 3.63) is 35.1 Å². The Labute approximate surface area is 77.2 Å². The van der Waals surface area contributed by atoms with Crippen LogP contribution in [-0.4, -0.2) is 11.7 Å². The van der Waals surface area contributed by atoms with Crippen LogP contribution in [0.1, 0.15) is 23.6 Å². The number of halogens is 1. The van der Waals surface area contributed by atoms with E-state index in [9.17, 15) is 4.39 Å². The maximum absolute atomic E-state index is 13.3. The quantitative estimate of drug-likeness (QED) is 0.746. The molecular formula is C10H14FNO. The monoisotopic (exact) mass is 183 g/mol. The second-order valence-electron chi connectivity index (χ2n) is 3.14. The van der Waals surface area contributed by atoms with E-state index in [0.29, 0.717) is 12.0 Å². The first-order valence-electron chi connectivity index (χ1n) is 4.27. The third-order valence-electron chi connectivity index (χ3n) is 2.00. The first kappa shape index (κ1) is 10.2. The van der Waals surface area contributed by atoms with Crippen molar-refractivity contribution in [2.75, 3.05) is 6.61 Å². The maximum Gasteiger partial charge on any atom is 0.128 e. The van der Waals surface area contributed by atoms with Crippen LogP contribution in [0.2, 0.25) is 0 Å². The molecule has 0 amide bonds. The molecule has 0 unspecified atom stereocenters. The molecule has 0 aliphatic carbocycles. The van der Waals surface area contributed by atoms with Gasteiger partial charge >= 0.3 is 0 Å². The summed E-state index contributed by atoms with van der Waals surface area (Å²) in [6.45, 7) is 1.80. The summed E-state index contributed by atoms with van der Waals surface area (Å²) in [6.07, 6.45) is 0.389. The summed E-state index contributed by atoms with van der Waals surface area (Å²) in [5.41, 5.74) is 7.00. The van der Waals surface area contributed by atoms with Gasteiger partial charge in [0.15, 0.2) is 0 Å². The molecule has 3 N–H and O–H groups in total. The van der Waals surface area contributed by atoms with Crippen LogP contribution < -0.4 is 5.73 Å². The zero-order valence-corrected chi connectivity index (χ0v) is 7.63. The largest absolute Gasteiger partial charge is 0.396 e. The molecule has 0 fully saturated rings. The highest BCUT2D eigenvalue weighted by Crippen LogP contribution is 2.18. The lowest BCUT2D eigenvalue weighted by atomic mass is 10.0. The maximum atomic E-state index is 13.3. The van der Waals surface area contributed by atoms with E-state index in [1.165, 1.54) is 6.07 Å². The molecule has 0 spiro atoms. The zero-order valence-electron chi connectivity index (χ0n) is 7.63. The highest BCUT2D eigenvalue weighted by molar-refractivity contribution is 5.25. The van der Waals surface area contributed by atoms with Crippen molar-refractivity contribution < 1.29 is 9.50 Å². The molecule has 1 atom stereocenters. The van der Waals surface area contributed by atoms with Crippen molar-refractivity contribution in [3.8, 4) is 0 Å². The Morgan fingerprint density at radius 1 is 1.54 bits per heavy atom. The van der Waals surface area contributed by atoms with Crippen molar-refractivity contribution in [2.24, 2.45) is 5.73 Å². The summed E-state index contributed by atoms with van der Waals surface area (Å²) in [5.74, 6) is -0.291. The summed E-state index contributed by atoms with van der Waals surface area (Å²) in [4.78, 5) is 0. The summed E-state index contributed by atoms with van der Waals surface area (Å²) < 4.78 is 13.3. The van der Waals surface area contributed by atoms with E-state index < -0.39 is 6.04 Å². The minimum absolute atomic E-state index is 0.0194. The molecule has 13 heavy (non-hydrogen) atoms. The number of hydrogen-bond donors (Lipinski definition) is 2. The fourth-order valence-electron chi connectivity index (χ4n) is 1.23. The molecule has 3 heteroatoms. The second-order valence-corrected chi connectivity index (χ2v) is 3.14. The number of hydrogen-bond acceptors (Lipinski definition) is 2. The third kappa shape index (κ3) is 2.50. The Morgan fingerprint density at radius 3 is 2.77 bits per heavy atom. The van der Waals surface area contributed by atoms with Gasteiger partial charge in [-0.3, -0.25) is 0 Å². The molecule has 0 bridgehead atoms. The van der Waals surface area contributed by atoms with Gasteiger partial charge in [0.1, 0.15) is 5.82 Å². The first-order chi connectivity index (χ1) is 6.15. The summed E-state index contributed by atoms with van der Waals surface area (Å²) in [5, 5.41) is 8.64. The molecule has 1 aromatic carbocycles. The van der Waals surface area contributed by atoms with Crippen molar-refractivity contribution >= 4 is 0 Å². The smallest absolute Gasteiger partial charge is 0.128 e. The molecule has 0 radical (unpaired) electrons. The van der Waals surface area contributed by atoms with Gasteiger partial charge < -0.3 is 10.8 Å².